The van der Waals surface area contributed by atoms with Crippen LogP contribution in [0.1, 0.15) is 32.5 Å². The summed E-state index contributed by atoms with van der Waals surface area (Å²) in [5.74, 6) is 2.25. The molecule has 1 aliphatic rings. The minimum absolute atomic E-state index is 0.515. The van der Waals surface area contributed by atoms with Crippen LogP contribution in [0.4, 0.5) is 0 Å². The Labute approximate surface area is 144 Å². The summed E-state index contributed by atoms with van der Waals surface area (Å²) < 4.78 is 13.0. The monoisotopic (exact) mass is 338 g/mol. The summed E-state index contributed by atoms with van der Waals surface area (Å²) in [7, 11) is 0. The number of nitrogens with zero attached hydrogens (tertiary/aromatic N) is 4. The number of aryl methyl sites for hydroxylation is 1. The van der Waals surface area contributed by atoms with Crippen LogP contribution in [-0.2, 0) is 22.6 Å². The van der Waals surface area contributed by atoms with Gasteiger partial charge in [0, 0.05) is 38.8 Å². The molecule has 136 valence electrons. The molecule has 0 amide bonds. The van der Waals surface area contributed by atoms with Crippen molar-refractivity contribution >= 4 is 5.96 Å². The fourth-order valence-electron chi connectivity index (χ4n) is 2.50. The van der Waals surface area contributed by atoms with Gasteiger partial charge in [0.05, 0.1) is 13.2 Å². The Bertz CT molecular complexity index is 485. The molecule has 0 aromatic carbocycles. The molecule has 0 spiro atoms. The number of hydrogen-bond donors (Lipinski definition) is 2. The number of guanidine groups is 1. The van der Waals surface area contributed by atoms with E-state index in [1.807, 2.05) is 4.57 Å². The number of nitrogens with one attached hydrogen (secondary N) is 2. The first kappa shape index (κ1) is 18.7. The molecule has 8 heteroatoms. The predicted octanol–water partition coefficient (Wildman–Crippen LogP) is 0.796. The zero-order valence-electron chi connectivity index (χ0n) is 14.8. The highest BCUT2D eigenvalue weighted by Crippen LogP contribution is 2.12. The summed E-state index contributed by atoms with van der Waals surface area (Å²) >= 11 is 0. The second-order valence-corrected chi connectivity index (χ2v) is 5.81. The average Bonchev–Trinajstić information content (AvgIpc) is 3.26. The van der Waals surface area contributed by atoms with Gasteiger partial charge in [-0.15, -0.1) is 10.2 Å². The van der Waals surface area contributed by atoms with Gasteiger partial charge in [0.1, 0.15) is 12.9 Å². The quantitative estimate of drug-likeness (QED) is 0.373. The Kier molecular flexibility index (Phi) is 8.54. The van der Waals surface area contributed by atoms with Gasteiger partial charge in [0.2, 0.25) is 0 Å². The first-order valence-corrected chi connectivity index (χ1v) is 8.87. The summed E-state index contributed by atoms with van der Waals surface area (Å²) in [6, 6.07) is 0. The molecule has 0 radical (unpaired) electrons. The summed E-state index contributed by atoms with van der Waals surface area (Å²) in [5.41, 5.74) is 0. The fraction of sp³-hybridized carbons (Fsp3) is 0.812. The molecule has 24 heavy (non-hydrogen) atoms. The molecule has 1 aromatic rings. The Morgan fingerprint density at radius 1 is 1.46 bits per heavy atom. The van der Waals surface area contributed by atoms with E-state index in [1.165, 1.54) is 0 Å². The van der Waals surface area contributed by atoms with Gasteiger partial charge in [-0.2, -0.15) is 0 Å². The lowest BCUT2D eigenvalue weighted by Gasteiger charge is -2.12. The molecule has 1 fully saturated rings. The third-order valence-corrected chi connectivity index (χ3v) is 3.89. The van der Waals surface area contributed by atoms with Gasteiger partial charge < -0.3 is 24.7 Å². The lowest BCUT2D eigenvalue weighted by Crippen LogP contribution is -2.38. The first-order chi connectivity index (χ1) is 11.8. The van der Waals surface area contributed by atoms with Crippen LogP contribution < -0.4 is 10.6 Å². The maximum atomic E-state index is 5.71. The third kappa shape index (κ3) is 6.45. The summed E-state index contributed by atoms with van der Waals surface area (Å²) in [5, 5.41) is 14.6. The van der Waals surface area contributed by atoms with E-state index in [1.54, 1.807) is 6.33 Å². The Morgan fingerprint density at radius 2 is 2.38 bits per heavy atom. The van der Waals surface area contributed by atoms with Crippen LogP contribution in [0.2, 0.25) is 0 Å². The summed E-state index contributed by atoms with van der Waals surface area (Å²) in [4.78, 5) is 4.56. The molecule has 8 nitrogen and oxygen atoms in total. The highest BCUT2D eigenvalue weighted by Gasteiger charge is 2.15. The summed E-state index contributed by atoms with van der Waals surface area (Å²) in [6.07, 6.45) is 3.80. The zero-order valence-corrected chi connectivity index (χ0v) is 14.8. The molecule has 2 rings (SSSR count). The summed E-state index contributed by atoms with van der Waals surface area (Å²) in [6.45, 7) is 10.4. The number of aliphatic imine (C=N–C) groups is 1. The minimum Gasteiger partial charge on any atom is -0.381 e. The largest absolute Gasteiger partial charge is 0.381 e. The molecule has 0 saturated carbocycles. The predicted molar refractivity (Wildman–Crippen MR) is 92.9 cm³/mol. The van der Waals surface area contributed by atoms with Crippen LogP contribution >= 0.6 is 0 Å². The molecule has 1 aromatic heterocycles. The van der Waals surface area contributed by atoms with Crippen LogP contribution in [0, 0.1) is 5.92 Å². The standard InChI is InChI=1S/C16H30N6O2/c1-3-17-16(19-10-15-21-20-13-22(15)4-2)18-7-5-8-23-11-14-6-9-24-12-14/h13-14H,3-12H2,1-2H3,(H2,17,18,19). The molecule has 1 saturated heterocycles. The van der Waals surface area contributed by atoms with Gasteiger partial charge in [-0.3, -0.25) is 0 Å². The van der Waals surface area contributed by atoms with Crippen molar-refractivity contribution in [3.8, 4) is 0 Å². The molecular weight excluding hydrogens is 308 g/mol. The number of hydrogen-bond acceptors (Lipinski definition) is 5. The molecule has 0 bridgehead atoms. The first-order valence-electron chi connectivity index (χ1n) is 8.87. The van der Waals surface area contributed by atoms with E-state index in [0.29, 0.717) is 12.5 Å². The van der Waals surface area contributed by atoms with Gasteiger partial charge in [-0.25, -0.2) is 4.99 Å². The van der Waals surface area contributed by atoms with Crippen molar-refractivity contribution in [1.29, 1.82) is 0 Å². The molecule has 1 aliphatic heterocycles. The van der Waals surface area contributed by atoms with Crippen molar-refractivity contribution in [2.75, 3.05) is 39.5 Å². The van der Waals surface area contributed by atoms with Crippen LogP contribution in [0.3, 0.4) is 0 Å². The van der Waals surface area contributed by atoms with Crippen molar-refractivity contribution in [2.45, 2.75) is 39.8 Å². The number of ether oxygens (including phenoxy) is 2. The normalized spacial score (nSPS) is 18.1. The average molecular weight is 338 g/mol. The molecule has 1 unspecified atom stereocenters. The topological polar surface area (TPSA) is 85.6 Å². The van der Waals surface area contributed by atoms with Gasteiger partial charge in [0.15, 0.2) is 11.8 Å². The van der Waals surface area contributed by atoms with Gasteiger partial charge in [-0.05, 0) is 26.7 Å². The molecule has 1 atom stereocenters. The van der Waals surface area contributed by atoms with Gasteiger partial charge in [0.25, 0.3) is 0 Å². The maximum absolute atomic E-state index is 5.71. The highest BCUT2D eigenvalue weighted by atomic mass is 16.5. The van der Waals surface area contributed by atoms with Gasteiger partial charge in [-0.1, -0.05) is 0 Å². The molecule has 0 aliphatic carbocycles. The van der Waals surface area contributed by atoms with E-state index in [9.17, 15) is 0 Å². The minimum atomic E-state index is 0.515. The van der Waals surface area contributed by atoms with Crippen molar-refractivity contribution in [2.24, 2.45) is 10.9 Å². The third-order valence-electron chi connectivity index (χ3n) is 3.89. The van der Waals surface area contributed by atoms with Crippen LogP contribution in [-0.4, -0.2) is 60.2 Å². The zero-order chi connectivity index (χ0) is 17.0. The van der Waals surface area contributed by atoms with Crippen LogP contribution in [0.25, 0.3) is 0 Å². The maximum Gasteiger partial charge on any atom is 0.191 e. The van der Waals surface area contributed by atoms with Crippen molar-refractivity contribution in [3.05, 3.63) is 12.2 Å². The Balaban J connectivity index is 1.63. The lowest BCUT2D eigenvalue weighted by atomic mass is 10.1. The van der Waals surface area contributed by atoms with Crippen LogP contribution in [0.5, 0.6) is 0 Å². The second-order valence-electron chi connectivity index (χ2n) is 5.81. The van der Waals surface area contributed by atoms with Crippen molar-refractivity contribution in [1.82, 2.24) is 25.4 Å². The van der Waals surface area contributed by atoms with Crippen molar-refractivity contribution < 1.29 is 9.47 Å². The number of rotatable bonds is 10. The fourth-order valence-corrected chi connectivity index (χ4v) is 2.50. The van der Waals surface area contributed by atoms with E-state index < -0.39 is 0 Å². The molecular formula is C16H30N6O2. The molecule has 2 N–H and O–H groups in total. The van der Waals surface area contributed by atoms with Crippen LogP contribution in [0.15, 0.2) is 11.3 Å². The Hall–Kier alpha value is -1.67. The van der Waals surface area contributed by atoms with E-state index in [-0.39, 0.29) is 0 Å². The van der Waals surface area contributed by atoms with Gasteiger partial charge >= 0.3 is 0 Å². The van der Waals surface area contributed by atoms with E-state index in [0.717, 1.165) is 70.7 Å². The Morgan fingerprint density at radius 3 is 3.12 bits per heavy atom. The molecule has 2 heterocycles. The number of aromatic nitrogens is 3. The lowest BCUT2D eigenvalue weighted by molar-refractivity contribution is 0.0888. The van der Waals surface area contributed by atoms with E-state index in [2.05, 4.69) is 39.7 Å². The van der Waals surface area contributed by atoms with E-state index >= 15 is 0 Å². The second kappa shape index (κ2) is 11.0. The smallest absolute Gasteiger partial charge is 0.191 e. The van der Waals surface area contributed by atoms with Crippen molar-refractivity contribution in [3.63, 3.8) is 0 Å². The SMILES string of the molecule is CCNC(=NCc1nncn1CC)NCCCOCC1CCOC1. The highest BCUT2D eigenvalue weighted by molar-refractivity contribution is 5.79. The van der Waals surface area contributed by atoms with E-state index in [4.69, 9.17) is 9.47 Å².